The molecule has 0 heterocycles. The highest BCUT2D eigenvalue weighted by Gasteiger charge is 2.12. The minimum atomic E-state index is -0.437. The number of carbonyl (C=O) groups excluding carboxylic acids is 1. The molecule has 0 aliphatic heterocycles. The van der Waals surface area contributed by atoms with Gasteiger partial charge in [-0.2, -0.15) is 0 Å². The number of carbonyl (C=O) groups is 1. The molecular weight excluding hydrogens is 221 g/mol. The van der Waals surface area contributed by atoms with Crippen molar-refractivity contribution in [2.75, 3.05) is 27.7 Å². The van der Waals surface area contributed by atoms with Gasteiger partial charge in [-0.25, -0.2) is 4.39 Å². The molecule has 0 aliphatic rings. The maximum absolute atomic E-state index is 13.7. The lowest BCUT2D eigenvalue weighted by Gasteiger charge is -2.09. The Kier molecular flexibility index (Phi) is 5.10. The van der Waals surface area contributed by atoms with E-state index in [-0.39, 0.29) is 18.0 Å². The molecule has 0 atom stereocenters. The smallest absolute Gasteiger partial charge is 0.168 e. The Morgan fingerprint density at radius 1 is 1.41 bits per heavy atom. The number of nitrogens with zero attached hydrogens (tertiary/aromatic N) is 1. The highest BCUT2D eigenvalue weighted by Crippen LogP contribution is 2.20. The molecule has 1 rings (SSSR count). The van der Waals surface area contributed by atoms with E-state index >= 15 is 0 Å². The van der Waals surface area contributed by atoms with E-state index in [0.29, 0.717) is 18.5 Å². The molecule has 4 heteroatoms. The zero-order valence-corrected chi connectivity index (χ0v) is 10.5. The number of ketones is 1. The molecule has 94 valence electrons. The van der Waals surface area contributed by atoms with Crippen molar-refractivity contribution in [3.8, 4) is 5.75 Å². The van der Waals surface area contributed by atoms with Crippen LogP contribution in [0, 0.1) is 5.82 Å². The summed E-state index contributed by atoms with van der Waals surface area (Å²) in [6.07, 6.45) is 0.556. The zero-order valence-electron chi connectivity index (χ0n) is 10.5. The van der Waals surface area contributed by atoms with Gasteiger partial charge in [0.25, 0.3) is 0 Å². The number of hydrogen-bond acceptors (Lipinski definition) is 3. The minimum Gasteiger partial charge on any atom is -0.494 e. The van der Waals surface area contributed by atoms with Gasteiger partial charge in [-0.3, -0.25) is 4.79 Å². The zero-order chi connectivity index (χ0) is 12.8. The summed E-state index contributed by atoms with van der Waals surface area (Å²) in [5.41, 5.74) is 0.396. The molecule has 0 fully saturated rings. The van der Waals surface area contributed by atoms with Crippen molar-refractivity contribution in [3.05, 3.63) is 29.6 Å². The third-order valence-corrected chi connectivity index (χ3v) is 2.49. The molecule has 0 amide bonds. The van der Waals surface area contributed by atoms with Crippen LogP contribution in [0.3, 0.4) is 0 Å². The van der Waals surface area contributed by atoms with Crippen molar-refractivity contribution in [1.29, 1.82) is 0 Å². The Morgan fingerprint density at radius 3 is 2.71 bits per heavy atom. The summed E-state index contributed by atoms with van der Waals surface area (Å²) in [5, 5.41) is 0. The van der Waals surface area contributed by atoms with Crippen LogP contribution >= 0.6 is 0 Å². The van der Waals surface area contributed by atoms with Crippen LogP contribution in [0.1, 0.15) is 12.0 Å². The second kappa shape index (κ2) is 6.35. The molecule has 1 aromatic carbocycles. The first-order valence-electron chi connectivity index (χ1n) is 5.52. The quantitative estimate of drug-likeness (QED) is 0.759. The molecular formula is C13H18FNO2. The maximum atomic E-state index is 13.7. The van der Waals surface area contributed by atoms with Crippen molar-refractivity contribution in [2.24, 2.45) is 0 Å². The number of ether oxygens (including phenoxy) is 1. The molecule has 0 bridgehead atoms. The molecule has 0 aromatic heterocycles. The number of hydrogen-bond donors (Lipinski definition) is 0. The monoisotopic (exact) mass is 239 g/mol. The summed E-state index contributed by atoms with van der Waals surface area (Å²) in [7, 11) is 5.22. The fourth-order valence-corrected chi connectivity index (χ4v) is 1.50. The van der Waals surface area contributed by atoms with E-state index in [4.69, 9.17) is 4.74 Å². The summed E-state index contributed by atoms with van der Waals surface area (Å²) < 4.78 is 18.6. The van der Waals surface area contributed by atoms with Crippen molar-refractivity contribution in [2.45, 2.75) is 12.8 Å². The van der Waals surface area contributed by atoms with Crippen LogP contribution in [-0.4, -0.2) is 38.4 Å². The lowest BCUT2D eigenvalue weighted by atomic mass is 10.1. The summed E-state index contributed by atoms with van der Waals surface area (Å²) in [4.78, 5) is 13.6. The van der Waals surface area contributed by atoms with Crippen LogP contribution in [0.25, 0.3) is 0 Å². The maximum Gasteiger partial charge on any atom is 0.168 e. The minimum absolute atomic E-state index is 0.0332. The van der Waals surface area contributed by atoms with E-state index in [0.717, 1.165) is 0 Å². The molecule has 0 aliphatic carbocycles. The second-order valence-corrected chi connectivity index (χ2v) is 4.20. The van der Waals surface area contributed by atoms with Gasteiger partial charge in [0.05, 0.1) is 7.11 Å². The Labute approximate surface area is 101 Å². The van der Waals surface area contributed by atoms with Crippen LogP contribution in [-0.2, 0) is 11.2 Å². The summed E-state index contributed by atoms with van der Waals surface area (Å²) in [6.45, 7) is 0.685. The average Bonchev–Trinajstić information content (AvgIpc) is 2.29. The number of rotatable bonds is 6. The van der Waals surface area contributed by atoms with Gasteiger partial charge in [-0.05, 0) is 25.7 Å². The van der Waals surface area contributed by atoms with E-state index in [9.17, 15) is 9.18 Å². The van der Waals surface area contributed by atoms with Crippen molar-refractivity contribution in [1.82, 2.24) is 4.90 Å². The van der Waals surface area contributed by atoms with Crippen LogP contribution in [0.2, 0.25) is 0 Å². The number of benzene rings is 1. The molecule has 3 nitrogen and oxygen atoms in total. The molecule has 0 spiro atoms. The first-order valence-corrected chi connectivity index (χ1v) is 5.52. The Balaban J connectivity index is 2.65. The van der Waals surface area contributed by atoms with Gasteiger partial charge in [0.2, 0.25) is 0 Å². The van der Waals surface area contributed by atoms with Gasteiger partial charge in [-0.1, -0.05) is 12.1 Å². The number of Topliss-reactive ketones (excluding diaryl/α,β-unsaturated/α-hetero) is 1. The van der Waals surface area contributed by atoms with Crippen LogP contribution < -0.4 is 4.74 Å². The fraction of sp³-hybridized carbons (Fsp3) is 0.462. The predicted molar refractivity (Wildman–Crippen MR) is 64.8 cm³/mol. The molecule has 0 saturated heterocycles. The topological polar surface area (TPSA) is 29.5 Å². The van der Waals surface area contributed by atoms with E-state index in [1.165, 1.54) is 7.11 Å². The summed E-state index contributed by atoms with van der Waals surface area (Å²) in [5.74, 6) is -0.220. The van der Waals surface area contributed by atoms with Crippen molar-refractivity contribution >= 4 is 5.78 Å². The Hall–Kier alpha value is -1.42. The van der Waals surface area contributed by atoms with Crippen molar-refractivity contribution in [3.63, 3.8) is 0 Å². The molecule has 0 saturated carbocycles. The van der Waals surface area contributed by atoms with Crippen molar-refractivity contribution < 1.29 is 13.9 Å². The SMILES string of the molecule is COc1cccc(CC(=O)CCN(C)C)c1F. The first kappa shape index (κ1) is 13.6. The summed E-state index contributed by atoms with van der Waals surface area (Å²) >= 11 is 0. The van der Waals surface area contributed by atoms with Crippen LogP contribution in [0.15, 0.2) is 18.2 Å². The van der Waals surface area contributed by atoms with E-state index in [1.54, 1.807) is 18.2 Å². The van der Waals surface area contributed by atoms with Gasteiger partial charge < -0.3 is 9.64 Å². The molecule has 0 N–H and O–H groups in total. The molecule has 0 unspecified atom stereocenters. The van der Waals surface area contributed by atoms with Crippen LogP contribution in [0.4, 0.5) is 4.39 Å². The van der Waals surface area contributed by atoms with E-state index in [2.05, 4.69) is 0 Å². The predicted octanol–water partition coefficient (Wildman–Crippen LogP) is 1.90. The number of halogens is 1. The van der Waals surface area contributed by atoms with Gasteiger partial charge in [-0.15, -0.1) is 0 Å². The lowest BCUT2D eigenvalue weighted by molar-refractivity contribution is -0.118. The molecule has 1 aromatic rings. The first-order chi connectivity index (χ1) is 8.04. The standard InChI is InChI=1S/C13H18FNO2/c1-15(2)8-7-11(16)9-10-5-4-6-12(17-3)13(10)14/h4-6H,7-9H2,1-3H3. The van der Waals surface area contributed by atoms with Gasteiger partial charge in [0.1, 0.15) is 5.78 Å². The third-order valence-electron chi connectivity index (χ3n) is 2.49. The average molecular weight is 239 g/mol. The lowest BCUT2D eigenvalue weighted by Crippen LogP contribution is -2.17. The van der Waals surface area contributed by atoms with Gasteiger partial charge in [0, 0.05) is 19.4 Å². The van der Waals surface area contributed by atoms with Gasteiger partial charge >= 0.3 is 0 Å². The second-order valence-electron chi connectivity index (χ2n) is 4.20. The largest absolute Gasteiger partial charge is 0.494 e. The normalized spacial score (nSPS) is 10.6. The Morgan fingerprint density at radius 2 is 2.12 bits per heavy atom. The highest BCUT2D eigenvalue weighted by atomic mass is 19.1. The van der Waals surface area contributed by atoms with Crippen LogP contribution in [0.5, 0.6) is 5.75 Å². The Bertz CT molecular complexity index is 391. The van der Waals surface area contributed by atoms with E-state index < -0.39 is 5.82 Å². The number of methoxy groups -OCH3 is 1. The molecule has 17 heavy (non-hydrogen) atoms. The third kappa shape index (κ3) is 4.15. The summed E-state index contributed by atoms with van der Waals surface area (Å²) in [6, 6.07) is 4.85. The highest BCUT2D eigenvalue weighted by molar-refractivity contribution is 5.81. The van der Waals surface area contributed by atoms with Gasteiger partial charge in [0.15, 0.2) is 11.6 Å². The molecule has 0 radical (unpaired) electrons. The van der Waals surface area contributed by atoms with E-state index in [1.807, 2.05) is 19.0 Å². The fourth-order valence-electron chi connectivity index (χ4n) is 1.50.